The molecule has 0 saturated heterocycles. The predicted octanol–water partition coefficient (Wildman–Crippen LogP) is 2.62. The van der Waals surface area contributed by atoms with Gasteiger partial charge in [-0.3, -0.25) is 0 Å². The maximum Gasteiger partial charge on any atom is 0.417 e. The van der Waals surface area contributed by atoms with E-state index in [0.29, 0.717) is 11.5 Å². The molecule has 0 aliphatic heterocycles. The maximum atomic E-state index is 12.8. The zero-order chi connectivity index (χ0) is 15.9. The Morgan fingerprint density at radius 2 is 2.14 bits per heavy atom. The molecule has 112 valence electrons. The van der Waals surface area contributed by atoms with Gasteiger partial charge in [0.25, 0.3) is 0 Å². The van der Waals surface area contributed by atoms with Crippen LogP contribution in [0.25, 0.3) is 22.6 Å². The second kappa shape index (κ2) is 4.98. The Morgan fingerprint density at radius 3 is 2.82 bits per heavy atom. The van der Waals surface area contributed by atoms with Crippen LogP contribution in [-0.2, 0) is 19.6 Å². The smallest absolute Gasteiger partial charge is 0.312 e. The monoisotopic (exact) mass is 305 g/mol. The first-order chi connectivity index (χ1) is 10.4. The summed E-state index contributed by atoms with van der Waals surface area (Å²) in [5, 5.41) is 0. The van der Waals surface area contributed by atoms with Gasteiger partial charge in [-0.15, -0.1) is 0 Å². The molecule has 0 spiro atoms. The van der Waals surface area contributed by atoms with Crippen LogP contribution in [0, 0.1) is 6.20 Å². The molecule has 0 aliphatic rings. The Labute approximate surface area is 124 Å². The topological polar surface area (TPSA) is 44.8 Å². The van der Waals surface area contributed by atoms with Crippen LogP contribution in [0.1, 0.15) is 18.1 Å². The van der Waals surface area contributed by atoms with E-state index in [1.54, 1.807) is 23.9 Å². The summed E-state index contributed by atoms with van der Waals surface area (Å²) in [6.07, 6.45) is 1.55. The summed E-state index contributed by atoms with van der Waals surface area (Å²) in [7, 11) is 1.73. The third-order valence-electron chi connectivity index (χ3n) is 3.51. The van der Waals surface area contributed by atoms with E-state index >= 15 is 0 Å². The molecule has 3 heterocycles. The first-order valence-corrected chi connectivity index (χ1v) is 6.66. The third kappa shape index (κ3) is 2.26. The molecule has 0 saturated carbocycles. The minimum Gasteiger partial charge on any atom is -0.312 e. The molecule has 0 radical (unpaired) electrons. The lowest BCUT2D eigenvalue weighted by Crippen LogP contribution is -2.05. The number of imidazole rings is 1. The van der Waals surface area contributed by atoms with Gasteiger partial charge in [-0.05, 0) is 17.5 Å². The molecule has 0 aliphatic carbocycles. The van der Waals surface area contributed by atoms with Crippen LogP contribution in [0.15, 0.2) is 24.5 Å². The number of hydrogen-bond acceptors (Lipinski definition) is 2. The van der Waals surface area contributed by atoms with Crippen LogP contribution < -0.4 is 4.98 Å². The van der Waals surface area contributed by atoms with Crippen molar-refractivity contribution in [2.24, 2.45) is 7.05 Å². The SMILES string of the molecule is CCc1c[n+]#ccc1-c1nc2cc(C(F)(F)F)cnc2n1C. The quantitative estimate of drug-likeness (QED) is 0.731. The van der Waals surface area contributed by atoms with Crippen molar-refractivity contribution in [2.45, 2.75) is 19.5 Å². The molecule has 3 aromatic rings. The van der Waals surface area contributed by atoms with Gasteiger partial charge in [0.1, 0.15) is 11.3 Å². The second-order valence-electron chi connectivity index (χ2n) is 4.88. The van der Waals surface area contributed by atoms with E-state index in [1.807, 2.05) is 6.92 Å². The normalized spacial score (nSPS) is 11.7. The van der Waals surface area contributed by atoms with E-state index in [2.05, 4.69) is 21.1 Å². The Hall–Kier alpha value is -2.62. The molecule has 0 unspecified atom stereocenters. The largest absolute Gasteiger partial charge is 0.417 e. The highest BCUT2D eigenvalue weighted by Crippen LogP contribution is 2.31. The van der Waals surface area contributed by atoms with Crippen LogP contribution in [0.4, 0.5) is 13.2 Å². The highest BCUT2D eigenvalue weighted by atomic mass is 19.4. The number of halogens is 3. The van der Waals surface area contributed by atoms with Crippen LogP contribution in [-0.4, -0.2) is 14.5 Å². The van der Waals surface area contributed by atoms with Gasteiger partial charge in [0.2, 0.25) is 0 Å². The number of nitrogens with zero attached hydrogens (tertiary/aromatic N) is 4. The van der Waals surface area contributed by atoms with Crippen molar-refractivity contribution < 1.29 is 18.2 Å². The van der Waals surface area contributed by atoms with E-state index in [-0.39, 0.29) is 5.52 Å². The van der Waals surface area contributed by atoms with Crippen LogP contribution in [0.3, 0.4) is 0 Å². The lowest BCUT2D eigenvalue weighted by Gasteiger charge is -2.05. The molecular formula is C15H12F3N4+. The van der Waals surface area contributed by atoms with Gasteiger partial charge < -0.3 is 4.57 Å². The van der Waals surface area contributed by atoms with Crippen molar-refractivity contribution >= 4 is 11.2 Å². The number of rotatable bonds is 2. The average Bonchev–Trinajstić information content (AvgIpc) is 2.83. The van der Waals surface area contributed by atoms with Gasteiger partial charge >= 0.3 is 18.6 Å². The molecule has 7 heteroatoms. The van der Waals surface area contributed by atoms with Crippen LogP contribution in [0.2, 0.25) is 0 Å². The number of hydrogen-bond donors (Lipinski definition) is 0. The molecule has 0 amide bonds. The minimum absolute atomic E-state index is 0.214. The van der Waals surface area contributed by atoms with Crippen LogP contribution >= 0.6 is 0 Å². The van der Waals surface area contributed by atoms with E-state index in [4.69, 9.17) is 0 Å². The molecule has 0 aromatic carbocycles. The average molecular weight is 305 g/mol. The summed E-state index contributed by atoms with van der Waals surface area (Å²) in [6.45, 7) is 1.98. The number of pyridine rings is 1. The lowest BCUT2D eigenvalue weighted by atomic mass is 10.1. The molecular weight excluding hydrogens is 293 g/mol. The fourth-order valence-corrected chi connectivity index (χ4v) is 2.34. The van der Waals surface area contributed by atoms with Gasteiger partial charge in [0.15, 0.2) is 5.65 Å². The van der Waals surface area contributed by atoms with Gasteiger partial charge in [0.05, 0.1) is 11.6 Å². The van der Waals surface area contributed by atoms with E-state index in [9.17, 15) is 13.2 Å². The molecule has 4 nitrogen and oxygen atoms in total. The number of aromatic nitrogens is 4. The summed E-state index contributed by atoms with van der Waals surface area (Å²) < 4.78 is 40.0. The molecule has 22 heavy (non-hydrogen) atoms. The van der Waals surface area contributed by atoms with Gasteiger partial charge in [-0.2, -0.15) is 13.2 Å². The second-order valence-corrected chi connectivity index (χ2v) is 4.88. The predicted molar refractivity (Wildman–Crippen MR) is 72.8 cm³/mol. The Balaban J connectivity index is 2.22. The summed E-state index contributed by atoms with van der Waals surface area (Å²) >= 11 is 0. The van der Waals surface area contributed by atoms with Crippen molar-refractivity contribution in [3.8, 4) is 11.4 Å². The fourth-order valence-electron chi connectivity index (χ4n) is 2.34. The molecule has 3 rings (SSSR count). The van der Waals surface area contributed by atoms with E-state index in [0.717, 1.165) is 29.8 Å². The number of alkyl halides is 3. The third-order valence-corrected chi connectivity index (χ3v) is 3.51. The lowest BCUT2D eigenvalue weighted by molar-refractivity contribution is -0.294. The Morgan fingerprint density at radius 1 is 1.36 bits per heavy atom. The molecule has 0 N–H and O–H groups in total. The van der Waals surface area contributed by atoms with Crippen molar-refractivity contribution in [3.63, 3.8) is 0 Å². The summed E-state index contributed by atoms with van der Waals surface area (Å²) in [4.78, 5) is 12.2. The highest BCUT2D eigenvalue weighted by Gasteiger charge is 2.31. The summed E-state index contributed by atoms with van der Waals surface area (Å²) in [5.74, 6) is 0.553. The number of aryl methyl sites for hydroxylation is 2. The van der Waals surface area contributed by atoms with Crippen molar-refractivity contribution in [3.05, 3.63) is 41.9 Å². The van der Waals surface area contributed by atoms with Crippen LogP contribution in [0.5, 0.6) is 0 Å². The van der Waals surface area contributed by atoms with Gasteiger partial charge in [0, 0.05) is 24.4 Å². The Kier molecular flexibility index (Phi) is 3.24. The highest BCUT2D eigenvalue weighted by molar-refractivity contribution is 5.78. The summed E-state index contributed by atoms with van der Waals surface area (Å²) in [6, 6.07) is 2.70. The van der Waals surface area contributed by atoms with Crippen molar-refractivity contribution in [2.75, 3.05) is 0 Å². The number of fused-ring (bicyclic) bond motifs is 1. The molecule has 0 bridgehead atoms. The minimum atomic E-state index is -4.43. The first-order valence-electron chi connectivity index (χ1n) is 6.66. The standard InChI is InChI=1S/C15H12F3N4/c1-3-9-7-19-5-4-11(9)13-21-12-6-10(15(16,17)18)8-20-14(12)22(13)2/h4,6-8H,3H2,1-2H3/q+1. The van der Waals surface area contributed by atoms with Gasteiger partial charge in [-0.1, -0.05) is 6.92 Å². The maximum absolute atomic E-state index is 12.8. The molecule has 0 fully saturated rings. The van der Waals surface area contributed by atoms with E-state index in [1.165, 1.54) is 0 Å². The van der Waals surface area contributed by atoms with E-state index < -0.39 is 11.7 Å². The zero-order valence-electron chi connectivity index (χ0n) is 11.9. The van der Waals surface area contributed by atoms with Gasteiger partial charge in [-0.25, -0.2) is 9.97 Å². The van der Waals surface area contributed by atoms with Crippen molar-refractivity contribution in [1.29, 1.82) is 0 Å². The van der Waals surface area contributed by atoms with Crippen molar-refractivity contribution in [1.82, 2.24) is 14.5 Å². The fraction of sp³-hybridized carbons (Fsp3) is 0.267. The molecule has 3 aromatic heterocycles. The zero-order valence-corrected chi connectivity index (χ0v) is 11.9. The summed E-state index contributed by atoms with van der Waals surface area (Å²) in [5.41, 5.74) is 1.56. The Bertz CT molecular complexity index is 836. The molecule has 0 atom stereocenters. The first kappa shape index (κ1) is 14.3.